The van der Waals surface area contributed by atoms with Crippen molar-refractivity contribution in [3.05, 3.63) is 100 Å². The number of benzene rings is 3. The molecule has 0 saturated carbocycles. The topological polar surface area (TPSA) is 66.8 Å². The average Bonchev–Trinajstić information content (AvgIpc) is 3.04. The van der Waals surface area contributed by atoms with Gasteiger partial charge in [-0.3, -0.25) is 14.5 Å². The highest BCUT2D eigenvalue weighted by Crippen LogP contribution is 2.42. The van der Waals surface area contributed by atoms with Gasteiger partial charge in [-0.15, -0.1) is 0 Å². The highest BCUT2D eigenvalue weighted by molar-refractivity contribution is 6.51. The molecular formula is C28H26FNO4. The molecular weight excluding hydrogens is 433 g/mol. The van der Waals surface area contributed by atoms with E-state index >= 15 is 0 Å². The summed E-state index contributed by atoms with van der Waals surface area (Å²) in [5.41, 5.74) is 3.23. The van der Waals surface area contributed by atoms with Gasteiger partial charge in [-0.2, -0.15) is 0 Å². The number of ether oxygens (including phenoxy) is 1. The van der Waals surface area contributed by atoms with E-state index in [4.69, 9.17) is 4.74 Å². The van der Waals surface area contributed by atoms with Crippen molar-refractivity contribution in [2.24, 2.45) is 0 Å². The average molecular weight is 460 g/mol. The molecule has 6 heteroatoms. The van der Waals surface area contributed by atoms with Crippen molar-refractivity contribution < 1.29 is 23.8 Å². The lowest BCUT2D eigenvalue weighted by Crippen LogP contribution is -2.29. The molecule has 1 aliphatic rings. The second-order valence-corrected chi connectivity index (χ2v) is 8.76. The Balaban J connectivity index is 1.88. The first-order valence-corrected chi connectivity index (χ1v) is 11.1. The van der Waals surface area contributed by atoms with Crippen LogP contribution in [0.25, 0.3) is 5.76 Å². The smallest absolute Gasteiger partial charge is 0.300 e. The Kier molecular flexibility index (Phi) is 6.24. The van der Waals surface area contributed by atoms with E-state index in [9.17, 15) is 19.1 Å². The van der Waals surface area contributed by atoms with Crippen molar-refractivity contribution >= 4 is 23.1 Å². The lowest BCUT2D eigenvalue weighted by Gasteiger charge is -2.26. The summed E-state index contributed by atoms with van der Waals surface area (Å²) in [5, 5.41) is 11.2. The maximum Gasteiger partial charge on any atom is 0.300 e. The van der Waals surface area contributed by atoms with Crippen LogP contribution in [0.4, 0.5) is 10.1 Å². The summed E-state index contributed by atoms with van der Waals surface area (Å²) in [6.07, 6.45) is -0.0129. The van der Waals surface area contributed by atoms with Gasteiger partial charge in [0.05, 0.1) is 17.7 Å². The van der Waals surface area contributed by atoms with Crippen molar-refractivity contribution in [2.45, 2.75) is 39.8 Å². The summed E-state index contributed by atoms with van der Waals surface area (Å²) in [6, 6.07) is 16.9. The number of ketones is 1. The lowest BCUT2D eigenvalue weighted by atomic mass is 9.95. The van der Waals surface area contributed by atoms with Gasteiger partial charge >= 0.3 is 0 Å². The number of aryl methyl sites for hydroxylation is 2. The van der Waals surface area contributed by atoms with Crippen molar-refractivity contribution in [1.82, 2.24) is 0 Å². The molecule has 174 valence electrons. The van der Waals surface area contributed by atoms with Crippen molar-refractivity contribution in [3.63, 3.8) is 0 Å². The van der Waals surface area contributed by atoms with E-state index in [1.165, 1.54) is 29.2 Å². The van der Waals surface area contributed by atoms with Gasteiger partial charge < -0.3 is 9.84 Å². The Bertz CT molecular complexity index is 1260. The van der Waals surface area contributed by atoms with Gasteiger partial charge in [0.2, 0.25) is 0 Å². The Hall–Kier alpha value is -3.93. The zero-order chi connectivity index (χ0) is 24.6. The van der Waals surface area contributed by atoms with E-state index in [0.29, 0.717) is 22.6 Å². The Labute approximate surface area is 198 Å². The van der Waals surface area contributed by atoms with Crippen molar-refractivity contribution in [3.8, 4) is 5.75 Å². The van der Waals surface area contributed by atoms with E-state index in [2.05, 4.69) is 0 Å². The molecule has 3 aromatic rings. The van der Waals surface area contributed by atoms with Crippen LogP contribution < -0.4 is 9.64 Å². The quantitative estimate of drug-likeness (QED) is 0.295. The number of hydrogen-bond acceptors (Lipinski definition) is 4. The largest absolute Gasteiger partial charge is 0.507 e. The van der Waals surface area contributed by atoms with Crippen LogP contribution in [0.3, 0.4) is 0 Å². The maximum absolute atomic E-state index is 13.7. The highest BCUT2D eigenvalue weighted by Gasteiger charge is 2.47. The Morgan fingerprint density at radius 2 is 1.53 bits per heavy atom. The van der Waals surface area contributed by atoms with Crippen molar-refractivity contribution in [2.75, 3.05) is 4.90 Å². The maximum atomic E-state index is 13.7. The molecule has 0 radical (unpaired) electrons. The van der Waals surface area contributed by atoms with E-state index in [1.54, 1.807) is 24.3 Å². The first kappa shape index (κ1) is 23.2. The van der Waals surface area contributed by atoms with Crippen LogP contribution in [0.2, 0.25) is 0 Å². The number of rotatable bonds is 5. The number of halogens is 1. The molecule has 0 spiro atoms. The number of nitrogens with zero attached hydrogens (tertiary/aromatic N) is 1. The van der Waals surface area contributed by atoms with E-state index in [0.717, 1.165) is 11.1 Å². The van der Waals surface area contributed by atoms with Gasteiger partial charge in [-0.25, -0.2) is 4.39 Å². The van der Waals surface area contributed by atoms with Crippen LogP contribution in [0.15, 0.2) is 72.3 Å². The van der Waals surface area contributed by atoms with E-state index in [-0.39, 0.29) is 17.4 Å². The summed E-state index contributed by atoms with van der Waals surface area (Å²) in [5.74, 6) is -1.66. The van der Waals surface area contributed by atoms with E-state index in [1.807, 2.05) is 45.9 Å². The summed E-state index contributed by atoms with van der Waals surface area (Å²) in [7, 11) is 0. The number of aliphatic hydroxyl groups is 1. The highest BCUT2D eigenvalue weighted by atomic mass is 19.1. The predicted octanol–water partition coefficient (Wildman–Crippen LogP) is 5.86. The number of amides is 1. The van der Waals surface area contributed by atoms with Crippen LogP contribution in [-0.4, -0.2) is 22.9 Å². The molecule has 1 amide bonds. The molecule has 5 nitrogen and oxygen atoms in total. The van der Waals surface area contributed by atoms with Gasteiger partial charge in [0, 0.05) is 11.3 Å². The zero-order valence-corrected chi connectivity index (χ0v) is 19.5. The molecule has 1 atom stereocenters. The molecule has 1 unspecified atom stereocenters. The number of hydrogen-bond donors (Lipinski definition) is 1. The van der Waals surface area contributed by atoms with Crippen LogP contribution >= 0.6 is 0 Å². The number of carbonyl (C=O) groups is 2. The molecule has 0 aromatic heterocycles. The normalized spacial score (nSPS) is 17.5. The molecule has 0 bridgehead atoms. The first-order valence-electron chi connectivity index (χ1n) is 11.1. The second kappa shape index (κ2) is 9.14. The molecule has 1 N–H and O–H groups in total. The minimum atomic E-state index is -0.909. The first-order chi connectivity index (χ1) is 16.2. The van der Waals surface area contributed by atoms with Crippen LogP contribution in [0, 0.1) is 19.7 Å². The molecule has 1 aliphatic heterocycles. The minimum Gasteiger partial charge on any atom is -0.507 e. The third-order valence-corrected chi connectivity index (χ3v) is 5.61. The number of Topliss-reactive ketones (excluding diaryl/α,β-unsaturated/α-hetero) is 1. The molecule has 0 aliphatic carbocycles. The zero-order valence-electron chi connectivity index (χ0n) is 19.5. The molecule has 34 heavy (non-hydrogen) atoms. The van der Waals surface area contributed by atoms with Crippen LogP contribution in [0.5, 0.6) is 5.75 Å². The third kappa shape index (κ3) is 4.44. The number of carbonyl (C=O) groups excluding carboxylic acids is 2. The fourth-order valence-electron chi connectivity index (χ4n) is 4.27. The Morgan fingerprint density at radius 1 is 0.941 bits per heavy atom. The fourth-order valence-corrected chi connectivity index (χ4v) is 4.27. The van der Waals surface area contributed by atoms with Gasteiger partial charge in [0.15, 0.2) is 0 Å². The number of aliphatic hydroxyl groups excluding tert-OH is 1. The Morgan fingerprint density at radius 3 is 2.09 bits per heavy atom. The van der Waals surface area contributed by atoms with Gasteiger partial charge in [0.1, 0.15) is 17.3 Å². The standard InChI is InChI=1S/C28H26FNO4/c1-16(2)34-23-11-7-20(8-12-23)26(31)24-25(19-5-9-21(29)10-6-19)30(28(33)27(24)32)22-14-17(3)13-18(4)15-22/h5-16,25,31H,1-4H3/b26-24+. The molecule has 1 heterocycles. The molecule has 3 aromatic carbocycles. The van der Waals surface area contributed by atoms with Crippen LogP contribution in [-0.2, 0) is 9.59 Å². The third-order valence-electron chi connectivity index (χ3n) is 5.61. The van der Waals surface area contributed by atoms with E-state index < -0.39 is 23.5 Å². The lowest BCUT2D eigenvalue weighted by molar-refractivity contribution is -0.132. The molecule has 4 rings (SSSR count). The summed E-state index contributed by atoms with van der Waals surface area (Å²) in [4.78, 5) is 27.8. The summed E-state index contributed by atoms with van der Waals surface area (Å²) < 4.78 is 19.3. The van der Waals surface area contributed by atoms with Gasteiger partial charge in [-0.1, -0.05) is 18.2 Å². The SMILES string of the molecule is Cc1cc(C)cc(N2C(=O)C(=O)/C(=C(/O)c3ccc(OC(C)C)cc3)C2c2ccc(F)cc2)c1. The predicted molar refractivity (Wildman–Crippen MR) is 129 cm³/mol. The van der Waals surface area contributed by atoms with Gasteiger partial charge in [0.25, 0.3) is 11.7 Å². The number of anilines is 1. The molecule has 1 fully saturated rings. The monoisotopic (exact) mass is 459 g/mol. The van der Waals surface area contributed by atoms with Crippen molar-refractivity contribution in [1.29, 1.82) is 0 Å². The van der Waals surface area contributed by atoms with Crippen LogP contribution in [0.1, 0.15) is 42.1 Å². The van der Waals surface area contributed by atoms with Gasteiger partial charge in [-0.05, 0) is 92.9 Å². The fraction of sp³-hybridized carbons (Fsp3) is 0.214. The summed E-state index contributed by atoms with van der Waals surface area (Å²) in [6.45, 7) is 7.62. The second-order valence-electron chi connectivity index (χ2n) is 8.76. The minimum absolute atomic E-state index is 0.0129. The molecule has 1 saturated heterocycles. The summed E-state index contributed by atoms with van der Waals surface area (Å²) >= 11 is 0.